The number of ketones is 1. The van der Waals surface area contributed by atoms with E-state index in [0.717, 1.165) is 25.1 Å². The summed E-state index contributed by atoms with van der Waals surface area (Å²) >= 11 is 0. The molecule has 2 rings (SSSR count). The van der Waals surface area contributed by atoms with Crippen LogP contribution in [-0.2, 0) is 19.9 Å². The van der Waals surface area contributed by atoms with E-state index in [1.165, 1.54) is 6.92 Å². The Kier molecular flexibility index (Phi) is 3.21. The van der Waals surface area contributed by atoms with Gasteiger partial charge in [0.15, 0.2) is 0 Å². The minimum atomic E-state index is -1.94. The molecule has 1 heterocycles. The number of amides is 1. The van der Waals surface area contributed by atoms with Gasteiger partial charge in [0.2, 0.25) is 23.2 Å². The first kappa shape index (κ1) is 14.0. The maximum absolute atomic E-state index is 13.8. The Balaban J connectivity index is 2.46. The first-order chi connectivity index (χ1) is 9.25. The monoisotopic (exact) mass is 283 g/mol. The summed E-state index contributed by atoms with van der Waals surface area (Å²) in [6.45, 7) is 2.32. The summed E-state index contributed by atoms with van der Waals surface area (Å²) in [4.78, 5) is 22.9. The number of carbonyl (C=O) groups is 2. The van der Waals surface area contributed by atoms with E-state index in [1.807, 2.05) is 0 Å². The van der Waals surface area contributed by atoms with Crippen molar-refractivity contribution in [3.05, 3.63) is 47.0 Å². The van der Waals surface area contributed by atoms with Crippen LogP contribution in [0.3, 0.4) is 0 Å². The third-order valence-electron chi connectivity index (χ3n) is 2.90. The number of nitrogens with one attached hydrogen (secondary N) is 1. The van der Waals surface area contributed by atoms with Crippen molar-refractivity contribution in [2.24, 2.45) is 0 Å². The van der Waals surface area contributed by atoms with Crippen LogP contribution in [0.2, 0.25) is 0 Å². The quantitative estimate of drug-likeness (QED) is 0.865. The molecule has 0 spiro atoms. The van der Waals surface area contributed by atoms with E-state index in [1.54, 1.807) is 0 Å². The predicted octanol–water partition coefficient (Wildman–Crippen LogP) is 1.64. The lowest BCUT2D eigenvalue weighted by Gasteiger charge is -2.23. The molecule has 0 saturated carbocycles. The number of hydrogen-bond donors (Lipinski definition) is 2. The summed E-state index contributed by atoms with van der Waals surface area (Å²) in [7, 11) is 0. The summed E-state index contributed by atoms with van der Waals surface area (Å²) in [5.74, 6) is -4.49. The molecule has 0 fully saturated rings. The lowest BCUT2D eigenvalue weighted by atomic mass is 9.91. The van der Waals surface area contributed by atoms with Gasteiger partial charge in [0.05, 0.1) is 0 Å². The van der Waals surface area contributed by atoms with Gasteiger partial charge in [-0.2, -0.15) is 0 Å². The zero-order valence-corrected chi connectivity index (χ0v) is 10.7. The number of carbonyl (C=O) groups excluding carboxylic acids is 2. The molecule has 1 aliphatic heterocycles. The molecule has 0 saturated heterocycles. The van der Waals surface area contributed by atoms with E-state index < -0.39 is 40.6 Å². The van der Waals surface area contributed by atoms with Crippen molar-refractivity contribution in [1.29, 1.82) is 0 Å². The van der Waals surface area contributed by atoms with Crippen LogP contribution in [0.15, 0.2) is 29.8 Å². The van der Waals surface area contributed by atoms with Gasteiger partial charge >= 0.3 is 0 Å². The minimum Gasteiger partial charge on any atom is -0.501 e. The van der Waals surface area contributed by atoms with Crippen molar-refractivity contribution in [3.63, 3.8) is 0 Å². The molecule has 7 heteroatoms. The molecule has 1 unspecified atom stereocenters. The number of benzene rings is 1. The van der Waals surface area contributed by atoms with E-state index in [2.05, 4.69) is 5.32 Å². The molecule has 1 aromatic rings. The number of hydrogen-bond acceptors (Lipinski definition) is 4. The van der Waals surface area contributed by atoms with Gasteiger partial charge in [-0.3, -0.25) is 14.9 Å². The zero-order chi connectivity index (χ0) is 15.1. The van der Waals surface area contributed by atoms with Gasteiger partial charge in [0.1, 0.15) is 11.6 Å². The average Bonchev–Trinajstić information content (AvgIpc) is 2.57. The molecule has 106 valence electrons. The number of ether oxygens (including phenoxy) is 1. The van der Waals surface area contributed by atoms with Crippen molar-refractivity contribution < 1.29 is 28.2 Å². The van der Waals surface area contributed by atoms with Crippen LogP contribution in [0.4, 0.5) is 8.78 Å². The molecule has 0 aromatic heterocycles. The molecular weight excluding hydrogens is 272 g/mol. The number of halogens is 2. The van der Waals surface area contributed by atoms with Crippen LogP contribution < -0.4 is 5.32 Å². The molecule has 1 amide bonds. The third kappa shape index (κ3) is 2.11. The molecule has 2 N–H and O–H groups in total. The largest absolute Gasteiger partial charge is 0.501 e. The van der Waals surface area contributed by atoms with E-state index in [4.69, 9.17) is 4.74 Å². The van der Waals surface area contributed by atoms with E-state index in [9.17, 15) is 23.5 Å². The van der Waals surface area contributed by atoms with Gasteiger partial charge in [-0.25, -0.2) is 8.78 Å². The van der Waals surface area contributed by atoms with Gasteiger partial charge in [0.25, 0.3) is 5.78 Å². The molecule has 1 atom stereocenters. The van der Waals surface area contributed by atoms with Gasteiger partial charge in [0, 0.05) is 12.5 Å². The molecular formula is C13H11F2NO4. The van der Waals surface area contributed by atoms with Crippen molar-refractivity contribution in [2.45, 2.75) is 19.4 Å². The average molecular weight is 283 g/mol. The van der Waals surface area contributed by atoms with Crippen LogP contribution >= 0.6 is 0 Å². The lowest BCUT2D eigenvalue weighted by molar-refractivity contribution is -0.133. The second-order valence-electron chi connectivity index (χ2n) is 4.45. The number of aliphatic hydroxyl groups excluding tert-OH is 1. The Morgan fingerprint density at radius 1 is 1.40 bits per heavy atom. The van der Waals surface area contributed by atoms with Crippen molar-refractivity contribution in [2.75, 3.05) is 0 Å². The maximum Gasteiger partial charge on any atom is 0.250 e. The first-order valence-electron chi connectivity index (χ1n) is 5.66. The van der Waals surface area contributed by atoms with Gasteiger partial charge in [-0.1, -0.05) is 0 Å². The fourth-order valence-corrected chi connectivity index (χ4v) is 1.91. The SMILES string of the molecule is CC(=O)NC1=C(O)C(=O)C(C)(c2cc(F)ccc2F)O1. The topological polar surface area (TPSA) is 75.6 Å². The fourth-order valence-electron chi connectivity index (χ4n) is 1.91. The van der Waals surface area contributed by atoms with Crippen LogP contribution in [0.1, 0.15) is 19.4 Å². The molecule has 1 aliphatic rings. The number of rotatable bonds is 2. The van der Waals surface area contributed by atoms with Gasteiger partial charge in [-0.05, 0) is 25.1 Å². The summed E-state index contributed by atoms with van der Waals surface area (Å²) in [5, 5.41) is 11.8. The molecule has 1 aromatic carbocycles. The van der Waals surface area contributed by atoms with Crippen LogP contribution in [0.25, 0.3) is 0 Å². The first-order valence-corrected chi connectivity index (χ1v) is 5.66. The van der Waals surface area contributed by atoms with Gasteiger partial charge in [-0.15, -0.1) is 0 Å². The highest BCUT2D eigenvalue weighted by atomic mass is 19.1. The molecule has 20 heavy (non-hydrogen) atoms. The second-order valence-corrected chi connectivity index (χ2v) is 4.45. The Hall–Kier alpha value is -2.44. The van der Waals surface area contributed by atoms with Crippen LogP contribution in [0.5, 0.6) is 0 Å². The predicted molar refractivity (Wildman–Crippen MR) is 63.3 cm³/mol. The van der Waals surface area contributed by atoms with Crippen molar-refractivity contribution >= 4 is 11.7 Å². The van der Waals surface area contributed by atoms with E-state index >= 15 is 0 Å². The van der Waals surface area contributed by atoms with Crippen molar-refractivity contribution in [3.8, 4) is 0 Å². The summed E-state index contributed by atoms with van der Waals surface area (Å²) < 4.78 is 32.1. The van der Waals surface area contributed by atoms with Crippen LogP contribution in [-0.4, -0.2) is 16.8 Å². The fraction of sp³-hybridized carbons (Fsp3) is 0.231. The van der Waals surface area contributed by atoms with Crippen LogP contribution in [0, 0.1) is 11.6 Å². The summed E-state index contributed by atoms with van der Waals surface area (Å²) in [5.41, 5.74) is -2.30. The zero-order valence-electron chi connectivity index (χ0n) is 10.7. The molecule has 0 bridgehead atoms. The number of Topliss-reactive ketones (excluding diaryl/α,β-unsaturated/α-hetero) is 1. The smallest absolute Gasteiger partial charge is 0.250 e. The molecule has 0 aliphatic carbocycles. The third-order valence-corrected chi connectivity index (χ3v) is 2.90. The highest BCUT2D eigenvalue weighted by Gasteiger charge is 2.49. The number of aliphatic hydroxyl groups is 1. The highest BCUT2D eigenvalue weighted by molar-refractivity contribution is 6.03. The lowest BCUT2D eigenvalue weighted by Crippen LogP contribution is -2.33. The Labute approximate surface area is 112 Å². The normalized spacial score (nSPS) is 21.9. The van der Waals surface area contributed by atoms with E-state index in [-0.39, 0.29) is 5.56 Å². The highest BCUT2D eigenvalue weighted by Crippen LogP contribution is 2.38. The van der Waals surface area contributed by atoms with Gasteiger partial charge < -0.3 is 9.84 Å². The second kappa shape index (κ2) is 4.59. The van der Waals surface area contributed by atoms with E-state index in [0.29, 0.717) is 0 Å². The Bertz CT molecular complexity index is 641. The molecule has 5 nitrogen and oxygen atoms in total. The maximum atomic E-state index is 13.8. The molecule has 0 radical (unpaired) electrons. The summed E-state index contributed by atoms with van der Waals surface area (Å²) in [6, 6.07) is 2.54. The minimum absolute atomic E-state index is 0.366. The standard InChI is InChI=1S/C13H11F2NO4/c1-6(17)16-12-10(18)11(19)13(2,20-12)8-5-7(14)3-4-9(8)15/h3-5,18H,1-2H3,(H,16,17). The van der Waals surface area contributed by atoms with Crippen molar-refractivity contribution in [1.82, 2.24) is 5.32 Å². The Morgan fingerprint density at radius 3 is 2.65 bits per heavy atom. The summed E-state index contributed by atoms with van der Waals surface area (Å²) in [6.07, 6.45) is 0. The Morgan fingerprint density at radius 2 is 2.05 bits per heavy atom.